The van der Waals surface area contributed by atoms with Crippen LogP contribution in [0, 0.1) is 11.3 Å². The van der Waals surface area contributed by atoms with Gasteiger partial charge in [0, 0.05) is 12.7 Å². The molecule has 0 fully saturated rings. The van der Waals surface area contributed by atoms with Gasteiger partial charge >= 0.3 is 0 Å². The summed E-state index contributed by atoms with van der Waals surface area (Å²) in [6, 6.07) is 18.0. The molecule has 2 heterocycles. The van der Waals surface area contributed by atoms with E-state index in [9.17, 15) is 5.26 Å². The summed E-state index contributed by atoms with van der Waals surface area (Å²) < 4.78 is 5.29. The highest BCUT2D eigenvalue weighted by Crippen LogP contribution is 2.23. The molecule has 4 rings (SSSR count). The predicted octanol–water partition coefficient (Wildman–Crippen LogP) is 3.38. The van der Waals surface area contributed by atoms with E-state index in [1.165, 1.54) is 5.56 Å². The summed E-state index contributed by atoms with van der Waals surface area (Å²) in [5, 5.41) is 12.7. The lowest BCUT2D eigenvalue weighted by Gasteiger charge is -2.31. The molecule has 7 nitrogen and oxygen atoms in total. The molecule has 2 aromatic carbocycles. The van der Waals surface area contributed by atoms with Crippen molar-refractivity contribution in [3.05, 3.63) is 66.4 Å². The number of imidazole rings is 1. The van der Waals surface area contributed by atoms with E-state index in [0.29, 0.717) is 24.9 Å². The normalized spacial score (nSPS) is 15.8. The van der Waals surface area contributed by atoms with Crippen LogP contribution in [-0.4, -0.2) is 35.6 Å². The second-order valence-electron chi connectivity index (χ2n) is 6.70. The van der Waals surface area contributed by atoms with Gasteiger partial charge in [0.25, 0.3) is 0 Å². The van der Waals surface area contributed by atoms with Gasteiger partial charge in [-0.1, -0.05) is 24.3 Å². The quantitative estimate of drug-likeness (QED) is 0.678. The molecule has 1 unspecified atom stereocenters. The molecule has 0 aliphatic carbocycles. The largest absolute Gasteiger partial charge is 0.497 e. The zero-order chi connectivity index (χ0) is 20.1. The van der Waals surface area contributed by atoms with Gasteiger partial charge in [0.05, 0.1) is 36.7 Å². The van der Waals surface area contributed by atoms with Gasteiger partial charge in [0.2, 0.25) is 11.9 Å². The van der Waals surface area contributed by atoms with Crippen molar-refractivity contribution < 1.29 is 4.74 Å². The highest BCUT2D eigenvalue weighted by atomic mass is 16.5. The molecule has 3 aromatic rings. The predicted molar refractivity (Wildman–Crippen MR) is 114 cm³/mol. The minimum atomic E-state index is -0.141. The van der Waals surface area contributed by atoms with Crippen LogP contribution in [0.15, 0.2) is 65.8 Å². The molecule has 0 amide bonds. The molecular weight excluding hydrogens is 364 g/mol. The second kappa shape index (κ2) is 8.48. The molecule has 1 aliphatic rings. The van der Waals surface area contributed by atoms with E-state index in [2.05, 4.69) is 27.4 Å². The number of fused-ring (bicyclic) bond motifs is 1. The molecule has 1 atom stereocenters. The minimum absolute atomic E-state index is 0.141. The Morgan fingerprint density at radius 3 is 2.97 bits per heavy atom. The van der Waals surface area contributed by atoms with Crippen molar-refractivity contribution in [3.8, 4) is 11.8 Å². The van der Waals surface area contributed by atoms with Gasteiger partial charge < -0.3 is 15.0 Å². The monoisotopic (exact) mass is 386 g/mol. The van der Waals surface area contributed by atoms with Crippen LogP contribution >= 0.6 is 0 Å². The highest BCUT2D eigenvalue weighted by Gasteiger charge is 2.26. The zero-order valence-corrected chi connectivity index (χ0v) is 16.2. The fourth-order valence-electron chi connectivity index (χ4n) is 3.36. The Balaban J connectivity index is 1.54. The van der Waals surface area contributed by atoms with Gasteiger partial charge in [-0.15, -0.1) is 0 Å². The first-order chi connectivity index (χ1) is 14.3. The van der Waals surface area contributed by atoms with E-state index in [1.807, 2.05) is 53.4 Å². The van der Waals surface area contributed by atoms with E-state index in [4.69, 9.17) is 9.72 Å². The smallest absolute Gasteiger partial charge is 0.211 e. The average Bonchev–Trinajstić information content (AvgIpc) is 3.18. The third-order valence-corrected chi connectivity index (χ3v) is 4.80. The number of nitrogens with zero attached hydrogens (tertiary/aromatic N) is 4. The van der Waals surface area contributed by atoms with Gasteiger partial charge in [-0.05, 0) is 42.3 Å². The van der Waals surface area contributed by atoms with E-state index in [0.717, 1.165) is 23.2 Å². The number of nitriles is 1. The fraction of sp³-hybridized carbons (Fsp3) is 0.227. The van der Waals surface area contributed by atoms with Crippen LogP contribution in [0.2, 0.25) is 0 Å². The van der Waals surface area contributed by atoms with Crippen LogP contribution < -0.4 is 15.0 Å². The fourth-order valence-corrected chi connectivity index (χ4v) is 3.36. The standard InChI is InChI=1S/C22H22N6O/c1-29-18-6-4-5-16(15-18)10-13-24-21-25-14-11-17(9-12-23)28(21)22-26-19-7-2-3-8-20(19)27-22/h2-8,11,14-15,17H,9-10,13H2,1H3,(H,24,25)(H,26,27). The number of anilines is 1. The van der Waals surface area contributed by atoms with Crippen LogP contribution in [0.3, 0.4) is 0 Å². The lowest BCUT2D eigenvalue weighted by atomic mass is 10.1. The van der Waals surface area contributed by atoms with Crippen molar-refractivity contribution in [2.75, 3.05) is 18.6 Å². The number of nitrogens with one attached hydrogen (secondary N) is 2. The lowest BCUT2D eigenvalue weighted by Crippen LogP contribution is -2.49. The van der Waals surface area contributed by atoms with Gasteiger partial charge in [0.1, 0.15) is 5.75 Å². The number of aromatic nitrogens is 2. The maximum atomic E-state index is 9.27. The number of hydrogen-bond donors (Lipinski definition) is 2. The third-order valence-electron chi connectivity index (χ3n) is 4.80. The summed E-state index contributed by atoms with van der Waals surface area (Å²) >= 11 is 0. The van der Waals surface area contributed by atoms with Crippen LogP contribution in [0.25, 0.3) is 11.0 Å². The molecule has 146 valence electrons. The molecule has 2 N–H and O–H groups in total. The summed E-state index contributed by atoms with van der Waals surface area (Å²) in [6.45, 7) is 0.690. The average molecular weight is 386 g/mol. The number of benzene rings is 2. The first-order valence-electron chi connectivity index (χ1n) is 9.50. The number of hydrogen-bond acceptors (Lipinski definition) is 6. The second-order valence-corrected chi connectivity index (χ2v) is 6.70. The van der Waals surface area contributed by atoms with E-state index >= 15 is 0 Å². The summed E-state index contributed by atoms with van der Waals surface area (Å²) in [5.74, 6) is 2.19. The number of aliphatic imine (C=N–C) groups is 1. The summed E-state index contributed by atoms with van der Waals surface area (Å²) in [6.07, 6.45) is 4.82. The molecule has 0 radical (unpaired) electrons. The Hall–Kier alpha value is -3.79. The topological polar surface area (TPSA) is 89.3 Å². The Labute approximate surface area is 169 Å². The number of H-pyrrole nitrogens is 1. The Morgan fingerprint density at radius 2 is 2.14 bits per heavy atom. The maximum absolute atomic E-state index is 9.27. The molecule has 0 saturated heterocycles. The number of methoxy groups -OCH3 is 1. The van der Waals surface area contributed by atoms with Crippen LogP contribution in [0.4, 0.5) is 5.95 Å². The Morgan fingerprint density at radius 1 is 1.24 bits per heavy atom. The van der Waals surface area contributed by atoms with Crippen LogP contribution in [0.1, 0.15) is 12.0 Å². The van der Waals surface area contributed by atoms with E-state index in [1.54, 1.807) is 13.3 Å². The van der Waals surface area contributed by atoms with Crippen molar-refractivity contribution in [2.45, 2.75) is 18.9 Å². The Bertz CT molecular complexity index is 1060. The van der Waals surface area contributed by atoms with E-state index in [-0.39, 0.29) is 6.04 Å². The Kier molecular flexibility index (Phi) is 5.43. The number of ether oxygens (including phenoxy) is 1. The van der Waals surface area contributed by atoms with Crippen molar-refractivity contribution in [1.29, 1.82) is 5.26 Å². The number of para-hydroxylation sites is 2. The third kappa shape index (κ3) is 4.06. The van der Waals surface area contributed by atoms with Gasteiger partial charge in [-0.3, -0.25) is 4.90 Å². The maximum Gasteiger partial charge on any atom is 0.211 e. The van der Waals surface area contributed by atoms with Gasteiger partial charge in [0.15, 0.2) is 0 Å². The number of rotatable bonds is 6. The highest BCUT2D eigenvalue weighted by molar-refractivity contribution is 5.98. The number of aromatic amines is 1. The van der Waals surface area contributed by atoms with Gasteiger partial charge in [-0.2, -0.15) is 5.26 Å². The molecule has 29 heavy (non-hydrogen) atoms. The zero-order valence-electron chi connectivity index (χ0n) is 16.2. The number of guanidine groups is 1. The summed E-state index contributed by atoms with van der Waals surface area (Å²) in [7, 11) is 1.67. The molecule has 7 heteroatoms. The minimum Gasteiger partial charge on any atom is -0.497 e. The van der Waals surface area contributed by atoms with Crippen LogP contribution in [-0.2, 0) is 6.42 Å². The summed E-state index contributed by atoms with van der Waals surface area (Å²) in [4.78, 5) is 14.5. The molecule has 0 spiro atoms. The molecule has 1 aromatic heterocycles. The first kappa shape index (κ1) is 18.6. The molecule has 0 bridgehead atoms. The van der Waals surface area contributed by atoms with Crippen LogP contribution in [0.5, 0.6) is 5.75 Å². The summed E-state index contributed by atoms with van der Waals surface area (Å²) in [5.41, 5.74) is 3.00. The first-order valence-corrected chi connectivity index (χ1v) is 9.50. The van der Waals surface area contributed by atoms with Crippen molar-refractivity contribution in [2.24, 2.45) is 4.99 Å². The molecule has 0 saturated carbocycles. The van der Waals surface area contributed by atoms with E-state index < -0.39 is 0 Å². The van der Waals surface area contributed by atoms with Crippen molar-refractivity contribution >= 4 is 22.9 Å². The molecular formula is C22H22N6O. The van der Waals surface area contributed by atoms with Gasteiger partial charge in [-0.25, -0.2) is 9.98 Å². The lowest BCUT2D eigenvalue weighted by molar-refractivity contribution is 0.414. The van der Waals surface area contributed by atoms with Crippen molar-refractivity contribution in [3.63, 3.8) is 0 Å². The SMILES string of the molecule is COc1cccc(CCNC2=NC=CC(CC#N)N2c2nc3ccccc3[nH]2)c1. The van der Waals surface area contributed by atoms with Crippen molar-refractivity contribution in [1.82, 2.24) is 15.3 Å². The molecule has 1 aliphatic heterocycles.